The number of aromatic nitrogens is 2. The third-order valence-corrected chi connectivity index (χ3v) is 2.36. The molecule has 4 heteroatoms. The van der Waals surface area contributed by atoms with Gasteiger partial charge in [-0.15, -0.1) is 0 Å². The van der Waals surface area contributed by atoms with Gasteiger partial charge in [0.05, 0.1) is 0 Å². The number of nitrogens with zero attached hydrogens (tertiary/aromatic N) is 2. The smallest absolute Gasteiger partial charge is 0.224 e. The second-order valence-electron chi connectivity index (χ2n) is 5.21. The molecule has 0 atom stereocenters. The summed E-state index contributed by atoms with van der Waals surface area (Å²) in [5.74, 6) is 1.58. The van der Waals surface area contributed by atoms with Gasteiger partial charge in [0.15, 0.2) is 0 Å². The van der Waals surface area contributed by atoms with Crippen molar-refractivity contribution in [3.63, 3.8) is 0 Å². The second-order valence-corrected chi connectivity index (χ2v) is 5.21. The van der Waals surface area contributed by atoms with Crippen LogP contribution < -0.4 is 10.6 Å². The molecular formula is C12H22N4. The largest absolute Gasteiger partial charge is 0.370 e. The van der Waals surface area contributed by atoms with Gasteiger partial charge in [0.1, 0.15) is 5.82 Å². The summed E-state index contributed by atoms with van der Waals surface area (Å²) in [6, 6.07) is 0. The van der Waals surface area contributed by atoms with Gasteiger partial charge in [-0.25, -0.2) is 4.98 Å². The van der Waals surface area contributed by atoms with Crippen molar-refractivity contribution in [2.75, 3.05) is 24.2 Å². The highest BCUT2D eigenvalue weighted by atomic mass is 15.1. The van der Waals surface area contributed by atoms with Gasteiger partial charge in [-0.1, -0.05) is 20.8 Å². The minimum absolute atomic E-state index is 0.347. The van der Waals surface area contributed by atoms with Crippen molar-refractivity contribution in [2.45, 2.75) is 34.1 Å². The summed E-state index contributed by atoms with van der Waals surface area (Å²) in [7, 11) is 1.82. The molecule has 0 bridgehead atoms. The van der Waals surface area contributed by atoms with Gasteiger partial charge in [-0.05, 0) is 18.8 Å². The van der Waals surface area contributed by atoms with Gasteiger partial charge in [-0.3, -0.25) is 0 Å². The van der Waals surface area contributed by atoms with Crippen molar-refractivity contribution in [1.29, 1.82) is 0 Å². The maximum atomic E-state index is 4.38. The molecule has 0 aliphatic rings. The Labute approximate surface area is 97.9 Å². The van der Waals surface area contributed by atoms with Crippen LogP contribution in [0, 0.1) is 12.3 Å². The fourth-order valence-corrected chi connectivity index (χ4v) is 1.30. The molecule has 0 saturated heterocycles. The molecule has 0 unspecified atom stereocenters. The Morgan fingerprint density at radius 1 is 1.31 bits per heavy atom. The maximum Gasteiger partial charge on any atom is 0.224 e. The lowest BCUT2D eigenvalue weighted by Gasteiger charge is -2.18. The Hall–Kier alpha value is -1.32. The average molecular weight is 222 g/mol. The summed E-state index contributed by atoms with van der Waals surface area (Å²) in [6.45, 7) is 9.66. The molecule has 90 valence electrons. The van der Waals surface area contributed by atoms with Crippen molar-refractivity contribution in [2.24, 2.45) is 5.41 Å². The molecule has 16 heavy (non-hydrogen) atoms. The van der Waals surface area contributed by atoms with Crippen LogP contribution in [0.1, 0.15) is 32.8 Å². The minimum atomic E-state index is 0.347. The number of hydrogen-bond acceptors (Lipinski definition) is 4. The summed E-state index contributed by atoms with van der Waals surface area (Å²) >= 11 is 0. The van der Waals surface area contributed by atoms with E-state index in [0.717, 1.165) is 24.3 Å². The second kappa shape index (κ2) is 5.14. The minimum Gasteiger partial charge on any atom is -0.370 e. The van der Waals surface area contributed by atoms with Crippen molar-refractivity contribution in [3.05, 3.63) is 11.8 Å². The summed E-state index contributed by atoms with van der Waals surface area (Å²) < 4.78 is 0. The standard InChI is InChI=1S/C12H22N4/c1-9-8-15-11(13-5)16-10(9)14-7-6-12(2,3)4/h8H,6-7H2,1-5H3,(H2,13,14,15,16). The summed E-state index contributed by atoms with van der Waals surface area (Å²) in [4.78, 5) is 8.53. The predicted octanol–water partition coefficient (Wildman–Crippen LogP) is 2.67. The van der Waals surface area contributed by atoms with Crippen molar-refractivity contribution < 1.29 is 0 Å². The molecule has 0 fully saturated rings. The first kappa shape index (κ1) is 12.7. The van der Waals surface area contributed by atoms with Crippen LogP contribution in [0.15, 0.2) is 6.20 Å². The van der Waals surface area contributed by atoms with Crippen LogP contribution in [0.5, 0.6) is 0 Å². The van der Waals surface area contributed by atoms with Crippen molar-refractivity contribution in [3.8, 4) is 0 Å². The van der Waals surface area contributed by atoms with Gasteiger partial charge < -0.3 is 10.6 Å². The Morgan fingerprint density at radius 2 is 2.00 bits per heavy atom. The van der Waals surface area contributed by atoms with Gasteiger partial charge in [-0.2, -0.15) is 4.98 Å². The number of nitrogens with one attached hydrogen (secondary N) is 2. The van der Waals surface area contributed by atoms with E-state index < -0.39 is 0 Å². The fraction of sp³-hybridized carbons (Fsp3) is 0.667. The molecule has 0 aromatic carbocycles. The van der Waals surface area contributed by atoms with E-state index in [0.29, 0.717) is 11.4 Å². The van der Waals surface area contributed by atoms with Gasteiger partial charge in [0.2, 0.25) is 5.95 Å². The molecule has 1 aromatic heterocycles. The molecule has 1 aromatic rings. The SMILES string of the molecule is CNc1ncc(C)c(NCCC(C)(C)C)n1. The van der Waals surface area contributed by atoms with E-state index in [1.165, 1.54) is 0 Å². The van der Waals surface area contributed by atoms with Crippen molar-refractivity contribution in [1.82, 2.24) is 9.97 Å². The zero-order valence-corrected chi connectivity index (χ0v) is 10.9. The van der Waals surface area contributed by atoms with E-state index in [-0.39, 0.29) is 0 Å². The van der Waals surface area contributed by atoms with Crippen LogP contribution in [-0.2, 0) is 0 Å². The van der Waals surface area contributed by atoms with Crippen LogP contribution in [0.4, 0.5) is 11.8 Å². The lowest BCUT2D eigenvalue weighted by atomic mass is 9.92. The number of rotatable bonds is 4. The maximum absolute atomic E-state index is 4.38. The normalized spacial score (nSPS) is 11.3. The monoisotopic (exact) mass is 222 g/mol. The molecule has 0 aliphatic carbocycles. The van der Waals surface area contributed by atoms with E-state index >= 15 is 0 Å². The molecule has 0 amide bonds. The lowest BCUT2D eigenvalue weighted by molar-refractivity contribution is 0.389. The van der Waals surface area contributed by atoms with Crippen LogP contribution in [-0.4, -0.2) is 23.6 Å². The molecule has 0 spiro atoms. The molecule has 4 nitrogen and oxygen atoms in total. The predicted molar refractivity (Wildman–Crippen MR) is 68.9 cm³/mol. The van der Waals surface area contributed by atoms with Crippen LogP contribution in [0.2, 0.25) is 0 Å². The van der Waals surface area contributed by atoms with E-state index in [4.69, 9.17) is 0 Å². The molecule has 2 N–H and O–H groups in total. The average Bonchev–Trinajstić information content (AvgIpc) is 2.19. The summed E-state index contributed by atoms with van der Waals surface area (Å²) in [6.07, 6.45) is 2.95. The topological polar surface area (TPSA) is 49.8 Å². The number of aryl methyl sites for hydroxylation is 1. The van der Waals surface area contributed by atoms with Gasteiger partial charge >= 0.3 is 0 Å². The van der Waals surface area contributed by atoms with Crippen LogP contribution in [0.25, 0.3) is 0 Å². The number of hydrogen-bond donors (Lipinski definition) is 2. The zero-order chi connectivity index (χ0) is 12.2. The lowest BCUT2D eigenvalue weighted by Crippen LogP contribution is -2.14. The molecule has 0 saturated carbocycles. The Bertz CT molecular complexity index is 341. The van der Waals surface area contributed by atoms with Gasteiger partial charge in [0.25, 0.3) is 0 Å². The number of anilines is 2. The Balaban J connectivity index is 2.59. The Morgan fingerprint density at radius 3 is 2.56 bits per heavy atom. The highest BCUT2D eigenvalue weighted by Crippen LogP contribution is 2.19. The van der Waals surface area contributed by atoms with E-state index in [2.05, 4.69) is 41.4 Å². The highest BCUT2D eigenvalue weighted by molar-refractivity contribution is 5.46. The molecule has 1 heterocycles. The molecule has 1 rings (SSSR count). The quantitative estimate of drug-likeness (QED) is 0.822. The summed E-state index contributed by atoms with van der Waals surface area (Å²) in [5, 5.41) is 6.29. The fourth-order valence-electron chi connectivity index (χ4n) is 1.30. The first-order valence-corrected chi connectivity index (χ1v) is 5.67. The van der Waals surface area contributed by atoms with E-state index in [9.17, 15) is 0 Å². The van der Waals surface area contributed by atoms with Crippen molar-refractivity contribution >= 4 is 11.8 Å². The Kier molecular flexibility index (Phi) is 4.10. The van der Waals surface area contributed by atoms with Gasteiger partial charge in [0, 0.05) is 25.4 Å². The molecule has 0 radical (unpaired) electrons. The van der Waals surface area contributed by atoms with Crippen LogP contribution >= 0.6 is 0 Å². The summed E-state index contributed by atoms with van der Waals surface area (Å²) in [5.41, 5.74) is 1.42. The third kappa shape index (κ3) is 4.04. The van der Waals surface area contributed by atoms with E-state index in [1.54, 1.807) is 0 Å². The first-order chi connectivity index (χ1) is 7.42. The third-order valence-electron chi connectivity index (χ3n) is 2.36. The first-order valence-electron chi connectivity index (χ1n) is 5.67. The molecule has 0 aliphatic heterocycles. The van der Waals surface area contributed by atoms with Crippen LogP contribution in [0.3, 0.4) is 0 Å². The molecular weight excluding hydrogens is 200 g/mol. The highest BCUT2D eigenvalue weighted by Gasteiger charge is 2.10. The van der Waals surface area contributed by atoms with E-state index in [1.807, 2.05) is 20.2 Å². The zero-order valence-electron chi connectivity index (χ0n) is 10.9.